The summed E-state index contributed by atoms with van der Waals surface area (Å²) in [5.74, 6) is 2.40. The topological polar surface area (TPSA) is 60.0 Å². The fourth-order valence-electron chi connectivity index (χ4n) is 4.27. The number of nitrogens with one attached hydrogen (secondary N) is 2. The molecule has 6 heteroatoms. The van der Waals surface area contributed by atoms with Crippen molar-refractivity contribution in [1.29, 1.82) is 0 Å². The van der Waals surface area contributed by atoms with Crippen molar-refractivity contribution in [3.63, 3.8) is 0 Å². The van der Waals surface area contributed by atoms with Crippen LogP contribution in [0.2, 0.25) is 0 Å². The Balaban J connectivity index is 1.81. The van der Waals surface area contributed by atoms with Gasteiger partial charge < -0.3 is 15.5 Å². The minimum atomic E-state index is 0.160. The number of carbonyl (C=O) groups excluding carboxylic acids is 1. The minimum absolute atomic E-state index is 0.160. The molecule has 2 fully saturated rings. The summed E-state index contributed by atoms with van der Waals surface area (Å²) in [4.78, 5) is 21.1. The van der Waals surface area contributed by atoms with Gasteiger partial charge in [-0.1, -0.05) is 13.8 Å². The number of nitrogens with zero attached hydrogens (tertiary/aromatic N) is 3. The highest BCUT2D eigenvalue weighted by atomic mass is 16.1. The third kappa shape index (κ3) is 6.45. The molecule has 2 saturated heterocycles. The highest BCUT2D eigenvalue weighted by Gasteiger charge is 2.26. The maximum absolute atomic E-state index is 11.6. The van der Waals surface area contributed by atoms with E-state index in [0.29, 0.717) is 24.3 Å². The normalized spacial score (nSPS) is 21.3. The van der Waals surface area contributed by atoms with Gasteiger partial charge in [0.2, 0.25) is 5.91 Å². The molecule has 2 heterocycles. The SMILES string of the molecule is CN=C(NCC(CC(C)C)N1CCCC1)N1CCC(CC(=O)NC)CC1. The molecular formula is C20H39N5O. The molecule has 2 rings (SSSR count). The molecular weight excluding hydrogens is 326 g/mol. The average Bonchev–Trinajstić information content (AvgIpc) is 3.16. The molecule has 6 nitrogen and oxygen atoms in total. The van der Waals surface area contributed by atoms with Crippen LogP contribution < -0.4 is 10.6 Å². The van der Waals surface area contributed by atoms with Crippen molar-refractivity contribution in [3.05, 3.63) is 0 Å². The third-order valence-electron chi connectivity index (χ3n) is 5.78. The van der Waals surface area contributed by atoms with E-state index in [-0.39, 0.29) is 5.91 Å². The van der Waals surface area contributed by atoms with Crippen molar-refractivity contribution < 1.29 is 4.79 Å². The molecule has 0 aromatic heterocycles. The molecule has 0 saturated carbocycles. The minimum Gasteiger partial charge on any atom is -0.359 e. The Bertz CT molecular complexity index is 451. The maximum atomic E-state index is 11.6. The highest BCUT2D eigenvalue weighted by molar-refractivity contribution is 5.80. The van der Waals surface area contributed by atoms with E-state index in [0.717, 1.165) is 38.4 Å². The molecule has 0 aromatic carbocycles. The average molecular weight is 366 g/mol. The highest BCUT2D eigenvalue weighted by Crippen LogP contribution is 2.21. The Kier molecular flexibility index (Phi) is 8.69. The van der Waals surface area contributed by atoms with Gasteiger partial charge in [-0.3, -0.25) is 14.7 Å². The van der Waals surface area contributed by atoms with E-state index in [1.54, 1.807) is 7.05 Å². The lowest BCUT2D eigenvalue weighted by molar-refractivity contribution is -0.121. The molecule has 0 aliphatic carbocycles. The summed E-state index contributed by atoms with van der Waals surface area (Å²) in [5.41, 5.74) is 0. The summed E-state index contributed by atoms with van der Waals surface area (Å²) in [6.45, 7) is 10.1. The second-order valence-corrected chi connectivity index (χ2v) is 8.26. The van der Waals surface area contributed by atoms with Gasteiger partial charge in [-0.15, -0.1) is 0 Å². The number of amides is 1. The van der Waals surface area contributed by atoms with Crippen LogP contribution in [0.25, 0.3) is 0 Å². The van der Waals surface area contributed by atoms with E-state index >= 15 is 0 Å². The van der Waals surface area contributed by atoms with Crippen molar-refractivity contribution >= 4 is 11.9 Å². The quantitative estimate of drug-likeness (QED) is 0.535. The first kappa shape index (κ1) is 21.0. The van der Waals surface area contributed by atoms with Crippen molar-refractivity contribution in [2.75, 3.05) is 46.8 Å². The van der Waals surface area contributed by atoms with Gasteiger partial charge in [0.15, 0.2) is 5.96 Å². The summed E-state index contributed by atoms with van der Waals surface area (Å²) in [6, 6.07) is 0.597. The number of hydrogen-bond acceptors (Lipinski definition) is 3. The van der Waals surface area contributed by atoms with Gasteiger partial charge in [0.05, 0.1) is 0 Å². The van der Waals surface area contributed by atoms with E-state index in [4.69, 9.17) is 0 Å². The number of carbonyl (C=O) groups is 1. The molecule has 0 bridgehead atoms. The third-order valence-corrected chi connectivity index (χ3v) is 5.78. The summed E-state index contributed by atoms with van der Waals surface area (Å²) < 4.78 is 0. The second-order valence-electron chi connectivity index (χ2n) is 8.26. The fourth-order valence-corrected chi connectivity index (χ4v) is 4.27. The van der Waals surface area contributed by atoms with Crippen LogP contribution in [0.5, 0.6) is 0 Å². The summed E-state index contributed by atoms with van der Waals surface area (Å²) in [5, 5.41) is 6.38. The van der Waals surface area contributed by atoms with Gasteiger partial charge in [0, 0.05) is 46.2 Å². The molecule has 0 radical (unpaired) electrons. The van der Waals surface area contributed by atoms with Crippen molar-refractivity contribution in [3.8, 4) is 0 Å². The number of piperidine rings is 1. The molecule has 1 amide bonds. The van der Waals surface area contributed by atoms with Gasteiger partial charge >= 0.3 is 0 Å². The first-order valence-electron chi connectivity index (χ1n) is 10.4. The Hall–Kier alpha value is -1.30. The van der Waals surface area contributed by atoms with Crippen LogP contribution in [-0.4, -0.2) is 74.5 Å². The maximum Gasteiger partial charge on any atom is 0.220 e. The van der Waals surface area contributed by atoms with Crippen LogP contribution in [-0.2, 0) is 4.79 Å². The van der Waals surface area contributed by atoms with Crippen LogP contribution in [0.3, 0.4) is 0 Å². The van der Waals surface area contributed by atoms with Crippen molar-refractivity contribution in [2.45, 2.75) is 58.4 Å². The number of guanidine groups is 1. The van der Waals surface area contributed by atoms with Crippen LogP contribution in [0.1, 0.15) is 52.4 Å². The Morgan fingerprint density at radius 1 is 1.15 bits per heavy atom. The van der Waals surface area contributed by atoms with E-state index in [1.165, 1.54) is 32.4 Å². The zero-order valence-electron chi connectivity index (χ0n) is 17.3. The molecule has 0 spiro atoms. The van der Waals surface area contributed by atoms with Gasteiger partial charge in [-0.2, -0.15) is 0 Å². The summed E-state index contributed by atoms with van der Waals surface area (Å²) >= 11 is 0. The first-order chi connectivity index (χ1) is 12.5. The lowest BCUT2D eigenvalue weighted by Gasteiger charge is -2.35. The second kappa shape index (κ2) is 10.8. The zero-order chi connectivity index (χ0) is 18.9. The van der Waals surface area contributed by atoms with Crippen LogP contribution in [0.4, 0.5) is 0 Å². The number of rotatable bonds is 7. The van der Waals surface area contributed by atoms with E-state index in [1.807, 2.05) is 7.05 Å². The molecule has 2 aliphatic heterocycles. The monoisotopic (exact) mass is 365 g/mol. The van der Waals surface area contributed by atoms with Crippen molar-refractivity contribution in [1.82, 2.24) is 20.4 Å². The number of aliphatic imine (C=N–C) groups is 1. The van der Waals surface area contributed by atoms with E-state index < -0.39 is 0 Å². The van der Waals surface area contributed by atoms with Gasteiger partial charge in [-0.25, -0.2) is 0 Å². The van der Waals surface area contributed by atoms with Crippen LogP contribution in [0, 0.1) is 11.8 Å². The molecule has 2 N–H and O–H groups in total. The lowest BCUT2D eigenvalue weighted by atomic mass is 9.93. The molecule has 1 atom stereocenters. The van der Waals surface area contributed by atoms with Crippen LogP contribution in [0.15, 0.2) is 4.99 Å². The number of likely N-dealkylation sites (tertiary alicyclic amines) is 2. The molecule has 26 heavy (non-hydrogen) atoms. The van der Waals surface area contributed by atoms with E-state index in [2.05, 4.69) is 39.3 Å². The zero-order valence-corrected chi connectivity index (χ0v) is 17.3. The Morgan fingerprint density at radius 2 is 1.81 bits per heavy atom. The Labute approximate surface area is 159 Å². The molecule has 2 aliphatic rings. The molecule has 0 aromatic rings. The summed E-state index contributed by atoms with van der Waals surface area (Å²) in [7, 11) is 3.60. The fraction of sp³-hybridized carbons (Fsp3) is 0.900. The smallest absolute Gasteiger partial charge is 0.220 e. The van der Waals surface area contributed by atoms with Crippen molar-refractivity contribution in [2.24, 2.45) is 16.8 Å². The van der Waals surface area contributed by atoms with Gasteiger partial charge in [0.1, 0.15) is 0 Å². The van der Waals surface area contributed by atoms with Crippen LogP contribution >= 0.6 is 0 Å². The Morgan fingerprint density at radius 3 is 2.35 bits per heavy atom. The summed E-state index contributed by atoms with van der Waals surface area (Å²) in [6.07, 6.45) is 6.69. The van der Waals surface area contributed by atoms with E-state index in [9.17, 15) is 4.79 Å². The largest absolute Gasteiger partial charge is 0.359 e. The van der Waals surface area contributed by atoms with Gasteiger partial charge in [0.25, 0.3) is 0 Å². The molecule has 150 valence electrons. The predicted molar refractivity (Wildman–Crippen MR) is 108 cm³/mol. The predicted octanol–water partition coefficient (Wildman–Crippen LogP) is 1.92. The standard InChI is InChI=1S/C20H39N5O/c1-16(2)13-18(24-9-5-6-10-24)15-23-20(22-4)25-11-7-17(8-12-25)14-19(26)21-3/h16-18H,5-15H2,1-4H3,(H,21,26)(H,22,23). The lowest BCUT2D eigenvalue weighted by Crippen LogP contribution is -2.50. The number of hydrogen-bond donors (Lipinski definition) is 2. The first-order valence-corrected chi connectivity index (χ1v) is 10.4. The van der Waals surface area contributed by atoms with Gasteiger partial charge in [-0.05, 0) is 57.0 Å². The molecule has 1 unspecified atom stereocenters.